The summed E-state index contributed by atoms with van der Waals surface area (Å²) in [4.78, 5) is 7.95. The summed E-state index contributed by atoms with van der Waals surface area (Å²) < 4.78 is 38.5. The molecule has 1 aromatic heterocycles. The van der Waals surface area contributed by atoms with Gasteiger partial charge in [0.25, 0.3) is 0 Å². The predicted molar refractivity (Wildman–Crippen MR) is 70.6 cm³/mol. The van der Waals surface area contributed by atoms with E-state index in [1.807, 2.05) is 0 Å². The molecule has 0 amide bonds. The highest BCUT2D eigenvalue weighted by Gasteiger charge is 2.32. The number of aryl methyl sites for hydroxylation is 2. The van der Waals surface area contributed by atoms with E-state index in [2.05, 4.69) is 15.3 Å². The number of rotatable bonds is 2. The van der Waals surface area contributed by atoms with Gasteiger partial charge in [-0.2, -0.15) is 13.2 Å². The number of aromatic nitrogens is 2. The molecule has 1 heterocycles. The molecule has 7 heteroatoms. The van der Waals surface area contributed by atoms with Crippen LogP contribution in [0.3, 0.4) is 0 Å². The Morgan fingerprint density at radius 3 is 2.40 bits per heavy atom. The Morgan fingerprint density at radius 2 is 1.80 bits per heavy atom. The number of nitrogens with zero attached hydrogens (tertiary/aromatic N) is 2. The highest BCUT2D eigenvalue weighted by molar-refractivity contribution is 5.60. The maximum absolute atomic E-state index is 12.8. The van der Waals surface area contributed by atoms with E-state index in [0.29, 0.717) is 17.3 Å². The number of benzene rings is 1. The Bertz CT molecular complexity index is 618. The van der Waals surface area contributed by atoms with Crippen molar-refractivity contribution in [3.05, 3.63) is 41.2 Å². The van der Waals surface area contributed by atoms with Gasteiger partial charge in [-0.1, -0.05) is 6.07 Å². The molecule has 0 saturated carbocycles. The molecule has 0 bridgehead atoms. The first kappa shape index (κ1) is 14.1. The summed E-state index contributed by atoms with van der Waals surface area (Å²) in [5.41, 5.74) is 5.35. The van der Waals surface area contributed by atoms with Gasteiger partial charge in [0.05, 0.1) is 5.56 Å². The minimum absolute atomic E-state index is 0.168. The van der Waals surface area contributed by atoms with Crippen molar-refractivity contribution < 1.29 is 13.2 Å². The number of hydrogen-bond donors (Lipinski definition) is 2. The molecule has 1 aromatic carbocycles. The van der Waals surface area contributed by atoms with Crippen LogP contribution in [0.4, 0.5) is 30.5 Å². The van der Waals surface area contributed by atoms with E-state index in [1.165, 1.54) is 19.1 Å². The fourth-order valence-corrected chi connectivity index (χ4v) is 1.81. The van der Waals surface area contributed by atoms with Gasteiger partial charge in [0.2, 0.25) is 0 Å². The Labute approximate surface area is 113 Å². The maximum atomic E-state index is 12.8. The smallest absolute Gasteiger partial charge is 0.384 e. The van der Waals surface area contributed by atoms with E-state index in [1.54, 1.807) is 13.0 Å². The minimum atomic E-state index is -4.39. The average molecular weight is 282 g/mol. The van der Waals surface area contributed by atoms with Crippen molar-refractivity contribution in [1.82, 2.24) is 9.97 Å². The standard InChI is InChI=1S/C13H13F3N4/c1-7-3-4-9(5-10(7)13(14,15)16)20-12-6-11(17)18-8(2)19-12/h3-6H,1-2H3,(H3,17,18,19,20). The van der Waals surface area contributed by atoms with Crippen molar-refractivity contribution in [3.8, 4) is 0 Å². The second kappa shape index (κ2) is 4.99. The lowest BCUT2D eigenvalue weighted by atomic mass is 10.1. The van der Waals surface area contributed by atoms with Crippen LogP contribution in [0, 0.1) is 13.8 Å². The van der Waals surface area contributed by atoms with Crippen LogP contribution in [0.5, 0.6) is 0 Å². The van der Waals surface area contributed by atoms with Gasteiger partial charge >= 0.3 is 6.18 Å². The molecule has 0 aliphatic rings. The fourth-order valence-electron chi connectivity index (χ4n) is 1.81. The number of anilines is 3. The van der Waals surface area contributed by atoms with Gasteiger partial charge in [0, 0.05) is 11.8 Å². The summed E-state index contributed by atoms with van der Waals surface area (Å²) >= 11 is 0. The van der Waals surface area contributed by atoms with E-state index in [-0.39, 0.29) is 11.4 Å². The number of hydrogen-bond acceptors (Lipinski definition) is 4. The number of alkyl halides is 3. The molecule has 0 saturated heterocycles. The van der Waals surface area contributed by atoms with Crippen molar-refractivity contribution in [2.75, 3.05) is 11.1 Å². The number of nitrogens with two attached hydrogens (primary N) is 1. The minimum Gasteiger partial charge on any atom is -0.384 e. The molecule has 2 rings (SSSR count). The molecule has 0 aliphatic heterocycles. The molecule has 0 unspecified atom stereocenters. The summed E-state index contributed by atoms with van der Waals surface area (Å²) in [6.45, 7) is 3.07. The Kier molecular flexibility index (Phi) is 3.52. The molecule has 3 N–H and O–H groups in total. The predicted octanol–water partition coefficient (Wildman–Crippen LogP) is 3.44. The molecule has 2 aromatic rings. The number of nitrogen functional groups attached to an aromatic ring is 1. The zero-order chi connectivity index (χ0) is 14.9. The molecular formula is C13H13F3N4. The van der Waals surface area contributed by atoms with Gasteiger partial charge < -0.3 is 11.1 Å². The first-order valence-electron chi connectivity index (χ1n) is 5.82. The van der Waals surface area contributed by atoms with Crippen molar-refractivity contribution in [2.45, 2.75) is 20.0 Å². The largest absolute Gasteiger partial charge is 0.416 e. The van der Waals surface area contributed by atoms with Gasteiger partial charge in [0.1, 0.15) is 17.5 Å². The van der Waals surface area contributed by atoms with Gasteiger partial charge in [-0.3, -0.25) is 0 Å². The Morgan fingerprint density at radius 1 is 1.10 bits per heavy atom. The van der Waals surface area contributed by atoms with E-state index in [0.717, 1.165) is 6.07 Å². The van der Waals surface area contributed by atoms with Crippen molar-refractivity contribution in [1.29, 1.82) is 0 Å². The Hall–Kier alpha value is -2.31. The zero-order valence-corrected chi connectivity index (χ0v) is 10.9. The van der Waals surface area contributed by atoms with Crippen LogP contribution in [0.1, 0.15) is 17.0 Å². The highest BCUT2D eigenvalue weighted by atomic mass is 19.4. The molecule has 106 valence electrons. The van der Waals surface area contributed by atoms with Crippen LogP contribution in [0.25, 0.3) is 0 Å². The first-order chi connectivity index (χ1) is 9.25. The van der Waals surface area contributed by atoms with Crippen molar-refractivity contribution in [2.24, 2.45) is 0 Å². The third-order valence-electron chi connectivity index (χ3n) is 2.67. The molecule has 0 radical (unpaired) electrons. The molecular weight excluding hydrogens is 269 g/mol. The quantitative estimate of drug-likeness (QED) is 0.885. The van der Waals surface area contributed by atoms with Crippen LogP contribution in [0.15, 0.2) is 24.3 Å². The first-order valence-corrected chi connectivity index (χ1v) is 5.82. The van der Waals surface area contributed by atoms with E-state index in [4.69, 9.17) is 5.73 Å². The maximum Gasteiger partial charge on any atom is 0.416 e. The molecule has 0 fully saturated rings. The van der Waals surface area contributed by atoms with Crippen molar-refractivity contribution in [3.63, 3.8) is 0 Å². The Balaban J connectivity index is 2.35. The van der Waals surface area contributed by atoms with Gasteiger partial charge in [-0.15, -0.1) is 0 Å². The number of halogens is 3. The van der Waals surface area contributed by atoms with Crippen LogP contribution < -0.4 is 11.1 Å². The van der Waals surface area contributed by atoms with Crippen LogP contribution in [0.2, 0.25) is 0 Å². The second-order valence-corrected chi connectivity index (χ2v) is 4.38. The van der Waals surface area contributed by atoms with Gasteiger partial charge in [-0.25, -0.2) is 9.97 Å². The summed E-state index contributed by atoms with van der Waals surface area (Å²) in [5, 5.41) is 2.79. The summed E-state index contributed by atoms with van der Waals surface area (Å²) in [6.07, 6.45) is -4.39. The summed E-state index contributed by atoms with van der Waals surface area (Å²) in [7, 11) is 0. The van der Waals surface area contributed by atoms with E-state index < -0.39 is 11.7 Å². The van der Waals surface area contributed by atoms with E-state index in [9.17, 15) is 13.2 Å². The molecule has 0 atom stereocenters. The fraction of sp³-hybridized carbons (Fsp3) is 0.231. The molecule has 20 heavy (non-hydrogen) atoms. The summed E-state index contributed by atoms with van der Waals surface area (Å²) in [6, 6.07) is 5.46. The molecule has 0 spiro atoms. The van der Waals surface area contributed by atoms with Crippen LogP contribution >= 0.6 is 0 Å². The lowest BCUT2D eigenvalue weighted by Gasteiger charge is -2.13. The van der Waals surface area contributed by atoms with E-state index >= 15 is 0 Å². The molecule has 4 nitrogen and oxygen atoms in total. The lowest BCUT2D eigenvalue weighted by Crippen LogP contribution is -2.08. The SMILES string of the molecule is Cc1nc(N)cc(Nc2ccc(C)c(C(F)(F)F)c2)n1. The lowest BCUT2D eigenvalue weighted by molar-refractivity contribution is -0.138. The second-order valence-electron chi connectivity index (χ2n) is 4.38. The average Bonchev–Trinajstić information content (AvgIpc) is 2.29. The van der Waals surface area contributed by atoms with Gasteiger partial charge in [-0.05, 0) is 31.5 Å². The van der Waals surface area contributed by atoms with Crippen LogP contribution in [-0.2, 0) is 6.18 Å². The summed E-state index contributed by atoms with van der Waals surface area (Å²) in [5.74, 6) is 1.05. The topological polar surface area (TPSA) is 63.8 Å². The molecule has 0 aliphatic carbocycles. The monoisotopic (exact) mass is 282 g/mol. The normalized spacial score (nSPS) is 11.4. The van der Waals surface area contributed by atoms with Gasteiger partial charge in [0.15, 0.2) is 0 Å². The number of nitrogens with one attached hydrogen (secondary N) is 1. The zero-order valence-electron chi connectivity index (χ0n) is 10.9. The highest BCUT2D eigenvalue weighted by Crippen LogP contribution is 2.34. The van der Waals surface area contributed by atoms with Crippen LogP contribution in [-0.4, -0.2) is 9.97 Å². The van der Waals surface area contributed by atoms with Crippen molar-refractivity contribution >= 4 is 17.3 Å². The third-order valence-corrected chi connectivity index (χ3v) is 2.67. The third kappa shape index (κ3) is 3.17.